The summed E-state index contributed by atoms with van der Waals surface area (Å²) in [4.78, 5) is 27.2. The molecule has 0 saturated carbocycles. The highest BCUT2D eigenvalue weighted by atomic mass is 35.5. The van der Waals surface area contributed by atoms with E-state index in [2.05, 4.69) is 10.6 Å². The summed E-state index contributed by atoms with van der Waals surface area (Å²) in [5, 5.41) is 7.07. The molecule has 8 heteroatoms. The van der Waals surface area contributed by atoms with Crippen molar-refractivity contribution < 1.29 is 9.59 Å². The van der Waals surface area contributed by atoms with Gasteiger partial charge in [-0.1, -0.05) is 41.9 Å². The van der Waals surface area contributed by atoms with Crippen LogP contribution in [-0.4, -0.2) is 47.5 Å². The number of benzene rings is 1. The molecule has 2 amide bonds. The Balaban J connectivity index is 0.00000320. The molecule has 0 bridgehead atoms. The maximum atomic E-state index is 13.0. The fourth-order valence-electron chi connectivity index (χ4n) is 3.67. The predicted molar refractivity (Wildman–Crippen MR) is 122 cm³/mol. The topological polar surface area (TPSA) is 66.4 Å². The van der Waals surface area contributed by atoms with Crippen LogP contribution in [0.5, 0.6) is 0 Å². The number of amides is 2. The van der Waals surface area contributed by atoms with Crippen molar-refractivity contribution in [2.45, 2.75) is 31.7 Å². The van der Waals surface area contributed by atoms with Gasteiger partial charge in [0.2, 0.25) is 5.91 Å². The van der Waals surface area contributed by atoms with Gasteiger partial charge in [-0.2, -0.15) is 0 Å². The first-order valence-electron chi connectivity index (χ1n) is 10.2. The lowest BCUT2D eigenvalue weighted by Gasteiger charge is -2.24. The SMILES string of the molecule is Cl.Cn1cc(Cl)cc1C(=O)N1CCCCNC(=O)CC(c2ccccc2)NCCC1. The number of carbonyl (C=O) groups excluding carboxylic acids is 2. The zero-order valence-corrected chi connectivity index (χ0v) is 18.8. The smallest absolute Gasteiger partial charge is 0.270 e. The van der Waals surface area contributed by atoms with Gasteiger partial charge in [0.25, 0.3) is 5.91 Å². The van der Waals surface area contributed by atoms with Gasteiger partial charge in [-0.15, -0.1) is 12.4 Å². The van der Waals surface area contributed by atoms with Crippen molar-refractivity contribution in [1.82, 2.24) is 20.1 Å². The summed E-state index contributed by atoms with van der Waals surface area (Å²) in [5.41, 5.74) is 1.70. The van der Waals surface area contributed by atoms with E-state index < -0.39 is 0 Å². The minimum absolute atomic E-state index is 0. The molecule has 164 valence electrons. The van der Waals surface area contributed by atoms with Gasteiger partial charge >= 0.3 is 0 Å². The molecular weight excluding hydrogens is 423 g/mol. The van der Waals surface area contributed by atoms with E-state index in [1.54, 1.807) is 16.8 Å². The van der Waals surface area contributed by atoms with Gasteiger partial charge in [-0.05, 0) is 37.4 Å². The minimum Gasteiger partial charge on any atom is -0.356 e. The Bertz CT molecular complexity index is 826. The van der Waals surface area contributed by atoms with Crippen molar-refractivity contribution in [2.24, 2.45) is 7.05 Å². The second kappa shape index (κ2) is 12.0. The molecule has 1 saturated heterocycles. The molecular formula is C22H30Cl2N4O2. The fourth-order valence-corrected chi connectivity index (χ4v) is 3.92. The Morgan fingerprint density at radius 1 is 1.10 bits per heavy atom. The first-order valence-corrected chi connectivity index (χ1v) is 10.6. The highest BCUT2D eigenvalue weighted by Gasteiger charge is 2.20. The average molecular weight is 453 g/mol. The molecule has 0 radical (unpaired) electrons. The quantitative estimate of drug-likeness (QED) is 0.731. The zero-order chi connectivity index (χ0) is 20.6. The second-order valence-electron chi connectivity index (χ2n) is 7.48. The molecule has 0 spiro atoms. The van der Waals surface area contributed by atoms with Crippen LogP contribution in [0, 0.1) is 0 Å². The third kappa shape index (κ3) is 6.76. The molecule has 30 heavy (non-hydrogen) atoms. The first-order chi connectivity index (χ1) is 14.0. The number of aryl methyl sites for hydroxylation is 1. The van der Waals surface area contributed by atoms with E-state index in [4.69, 9.17) is 11.6 Å². The number of carbonyl (C=O) groups is 2. The third-order valence-corrected chi connectivity index (χ3v) is 5.45. The summed E-state index contributed by atoms with van der Waals surface area (Å²) >= 11 is 6.06. The number of hydrogen-bond acceptors (Lipinski definition) is 3. The van der Waals surface area contributed by atoms with E-state index in [1.807, 2.05) is 42.3 Å². The van der Waals surface area contributed by atoms with Gasteiger partial charge in [0.15, 0.2) is 0 Å². The number of nitrogens with zero attached hydrogens (tertiary/aromatic N) is 2. The maximum absolute atomic E-state index is 13.0. The Morgan fingerprint density at radius 3 is 2.53 bits per heavy atom. The van der Waals surface area contributed by atoms with Crippen LogP contribution in [0.4, 0.5) is 0 Å². The molecule has 1 aliphatic rings. The summed E-state index contributed by atoms with van der Waals surface area (Å²) in [5.74, 6) is 0.0508. The summed E-state index contributed by atoms with van der Waals surface area (Å²) < 4.78 is 1.77. The number of nitrogens with one attached hydrogen (secondary N) is 2. The van der Waals surface area contributed by atoms with Crippen LogP contribution in [0.15, 0.2) is 42.6 Å². The van der Waals surface area contributed by atoms with Gasteiger partial charge in [0.05, 0.1) is 5.02 Å². The highest BCUT2D eigenvalue weighted by molar-refractivity contribution is 6.31. The maximum Gasteiger partial charge on any atom is 0.270 e. The first kappa shape index (κ1) is 24.3. The van der Waals surface area contributed by atoms with Crippen molar-refractivity contribution in [3.63, 3.8) is 0 Å². The number of hydrogen-bond donors (Lipinski definition) is 2. The number of aromatic nitrogens is 1. The highest BCUT2D eigenvalue weighted by Crippen LogP contribution is 2.18. The summed E-state index contributed by atoms with van der Waals surface area (Å²) in [7, 11) is 1.83. The Hall–Kier alpha value is -2.02. The summed E-state index contributed by atoms with van der Waals surface area (Å²) in [6.45, 7) is 2.68. The average Bonchev–Trinajstić information content (AvgIpc) is 3.06. The van der Waals surface area contributed by atoms with Crippen LogP contribution in [0.25, 0.3) is 0 Å². The monoisotopic (exact) mass is 452 g/mol. The lowest BCUT2D eigenvalue weighted by molar-refractivity contribution is -0.121. The van der Waals surface area contributed by atoms with E-state index in [0.717, 1.165) is 31.4 Å². The van der Waals surface area contributed by atoms with Crippen LogP contribution in [0.2, 0.25) is 5.02 Å². The molecule has 2 aromatic rings. The van der Waals surface area contributed by atoms with Crippen LogP contribution >= 0.6 is 24.0 Å². The van der Waals surface area contributed by atoms with E-state index in [0.29, 0.717) is 36.8 Å². The van der Waals surface area contributed by atoms with Crippen LogP contribution in [-0.2, 0) is 11.8 Å². The van der Waals surface area contributed by atoms with E-state index in [-0.39, 0.29) is 30.3 Å². The standard InChI is InChI=1S/C22H29ClN4O2.ClH/c1-26-16-18(23)14-20(26)22(29)27-12-6-5-10-25-21(28)15-19(24-11-7-13-27)17-8-3-2-4-9-17;/h2-4,8-9,14,16,19,24H,5-7,10-13,15H2,1H3,(H,25,28);1H. The lowest BCUT2D eigenvalue weighted by atomic mass is 10.0. The normalized spacial score (nSPS) is 18.9. The predicted octanol–water partition coefficient (Wildman–Crippen LogP) is 3.56. The Labute approximate surface area is 189 Å². The molecule has 1 aromatic carbocycles. The molecule has 3 rings (SSSR count). The van der Waals surface area contributed by atoms with Crippen molar-refractivity contribution >= 4 is 35.8 Å². The Kier molecular flexibility index (Phi) is 9.69. The van der Waals surface area contributed by atoms with E-state index in [9.17, 15) is 9.59 Å². The van der Waals surface area contributed by atoms with E-state index >= 15 is 0 Å². The Morgan fingerprint density at radius 2 is 1.83 bits per heavy atom. The lowest BCUT2D eigenvalue weighted by Crippen LogP contribution is -2.35. The molecule has 6 nitrogen and oxygen atoms in total. The number of rotatable bonds is 2. The molecule has 2 heterocycles. The minimum atomic E-state index is -0.0345. The van der Waals surface area contributed by atoms with Crippen molar-refractivity contribution in [3.05, 3.63) is 58.9 Å². The van der Waals surface area contributed by atoms with Crippen LogP contribution < -0.4 is 10.6 Å². The molecule has 2 N–H and O–H groups in total. The van der Waals surface area contributed by atoms with Crippen molar-refractivity contribution in [1.29, 1.82) is 0 Å². The van der Waals surface area contributed by atoms with Gasteiger partial charge < -0.3 is 20.1 Å². The molecule has 1 aliphatic heterocycles. The zero-order valence-electron chi connectivity index (χ0n) is 17.3. The molecule has 1 aromatic heterocycles. The fraction of sp³-hybridized carbons (Fsp3) is 0.455. The summed E-state index contributed by atoms with van der Waals surface area (Å²) in [6, 6.07) is 11.7. The van der Waals surface area contributed by atoms with Gasteiger partial charge in [0, 0.05) is 45.3 Å². The summed E-state index contributed by atoms with van der Waals surface area (Å²) in [6.07, 6.45) is 4.66. The van der Waals surface area contributed by atoms with Gasteiger partial charge in [0.1, 0.15) is 5.69 Å². The van der Waals surface area contributed by atoms with E-state index in [1.165, 1.54) is 0 Å². The van der Waals surface area contributed by atoms with Gasteiger partial charge in [-0.25, -0.2) is 0 Å². The van der Waals surface area contributed by atoms with Crippen molar-refractivity contribution in [2.75, 3.05) is 26.2 Å². The molecule has 1 unspecified atom stereocenters. The molecule has 0 aliphatic carbocycles. The third-order valence-electron chi connectivity index (χ3n) is 5.24. The van der Waals surface area contributed by atoms with Gasteiger partial charge in [-0.3, -0.25) is 9.59 Å². The largest absolute Gasteiger partial charge is 0.356 e. The molecule has 1 atom stereocenters. The number of halogens is 2. The second-order valence-corrected chi connectivity index (χ2v) is 7.92. The molecule has 1 fully saturated rings. The van der Waals surface area contributed by atoms with Crippen LogP contribution in [0.3, 0.4) is 0 Å². The van der Waals surface area contributed by atoms with Crippen molar-refractivity contribution in [3.8, 4) is 0 Å². The van der Waals surface area contributed by atoms with Crippen LogP contribution in [0.1, 0.15) is 47.8 Å².